The maximum Gasteiger partial charge on any atom is 0.238 e. The summed E-state index contributed by atoms with van der Waals surface area (Å²) in [5.41, 5.74) is 1.14. The number of amides is 1. The van der Waals surface area contributed by atoms with E-state index in [1.54, 1.807) is 11.3 Å². The fourth-order valence-electron chi connectivity index (χ4n) is 2.47. The number of hydrogen-bond acceptors (Lipinski definition) is 3. The van der Waals surface area contributed by atoms with Crippen molar-refractivity contribution in [1.82, 2.24) is 5.32 Å². The lowest BCUT2D eigenvalue weighted by atomic mass is 10.1. The Kier molecular flexibility index (Phi) is 5.81. The third-order valence-corrected chi connectivity index (χ3v) is 4.80. The van der Waals surface area contributed by atoms with Crippen molar-refractivity contribution in [1.29, 1.82) is 0 Å². The molecule has 3 aromatic rings. The number of carbonyl (C=O) groups excluding carboxylic acids is 1. The Morgan fingerprint density at radius 2 is 1.92 bits per heavy atom. The third kappa shape index (κ3) is 4.66. The van der Waals surface area contributed by atoms with Gasteiger partial charge in [0.1, 0.15) is 5.82 Å². The minimum Gasteiger partial charge on any atom is -0.322 e. The maximum atomic E-state index is 13.7. The number of halogens is 2. The molecule has 128 valence electrons. The Morgan fingerprint density at radius 3 is 2.64 bits per heavy atom. The van der Waals surface area contributed by atoms with E-state index in [0.717, 1.165) is 10.4 Å². The van der Waals surface area contributed by atoms with E-state index in [0.29, 0.717) is 5.02 Å². The molecule has 0 unspecified atom stereocenters. The molecule has 1 atom stereocenters. The summed E-state index contributed by atoms with van der Waals surface area (Å²) < 4.78 is 13.7. The van der Waals surface area contributed by atoms with E-state index >= 15 is 0 Å². The molecular weight excluding hydrogens is 359 g/mol. The van der Waals surface area contributed by atoms with Gasteiger partial charge in [0.05, 0.1) is 18.3 Å². The van der Waals surface area contributed by atoms with Gasteiger partial charge in [-0.05, 0) is 35.2 Å². The van der Waals surface area contributed by atoms with Crippen molar-refractivity contribution in [3.63, 3.8) is 0 Å². The molecular formula is C19H16ClFN2OS. The van der Waals surface area contributed by atoms with E-state index in [-0.39, 0.29) is 24.2 Å². The van der Waals surface area contributed by atoms with Crippen LogP contribution in [0.3, 0.4) is 0 Å². The zero-order chi connectivity index (χ0) is 17.6. The van der Waals surface area contributed by atoms with Crippen LogP contribution in [0.5, 0.6) is 0 Å². The normalized spacial score (nSPS) is 11.9. The molecule has 0 aliphatic rings. The molecule has 0 fully saturated rings. The lowest BCUT2D eigenvalue weighted by Crippen LogP contribution is -2.31. The van der Waals surface area contributed by atoms with Gasteiger partial charge in [-0.3, -0.25) is 10.1 Å². The van der Waals surface area contributed by atoms with Gasteiger partial charge in [0.2, 0.25) is 5.91 Å². The van der Waals surface area contributed by atoms with Crippen LogP contribution in [-0.2, 0) is 4.79 Å². The number of hydrogen-bond donors (Lipinski definition) is 2. The van der Waals surface area contributed by atoms with E-state index in [4.69, 9.17) is 11.6 Å². The van der Waals surface area contributed by atoms with Crippen molar-refractivity contribution in [2.45, 2.75) is 6.04 Å². The smallest absolute Gasteiger partial charge is 0.238 e. The number of anilines is 1. The second-order valence-corrected chi connectivity index (χ2v) is 6.83. The first-order chi connectivity index (χ1) is 12.1. The standard InChI is InChI=1S/C19H16ClFN2OS/c20-14-8-9-15(21)16(11-14)23-18(24)12-22-19(17-7-4-10-25-17)13-5-2-1-3-6-13/h1-11,19,22H,12H2,(H,23,24)/t19-/m1/s1. The van der Waals surface area contributed by atoms with Crippen molar-refractivity contribution in [2.75, 3.05) is 11.9 Å². The van der Waals surface area contributed by atoms with Crippen LogP contribution < -0.4 is 10.6 Å². The quantitative estimate of drug-likeness (QED) is 0.647. The van der Waals surface area contributed by atoms with Gasteiger partial charge in [0.25, 0.3) is 0 Å². The number of carbonyl (C=O) groups is 1. The fraction of sp³-hybridized carbons (Fsp3) is 0.105. The van der Waals surface area contributed by atoms with Crippen LogP contribution in [0.4, 0.5) is 10.1 Å². The number of benzene rings is 2. The highest BCUT2D eigenvalue weighted by atomic mass is 35.5. The van der Waals surface area contributed by atoms with E-state index in [1.165, 1.54) is 18.2 Å². The zero-order valence-corrected chi connectivity index (χ0v) is 14.8. The largest absolute Gasteiger partial charge is 0.322 e. The Balaban J connectivity index is 1.69. The fourth-order valence-corrected chi connectivity index (χ4v) is 3.47. The first kappa shape index (κ1) is 17.6. The number of rotatable bonds is 6. The summed E-state index contributed by atoms with van der Waals surface area (Å²) in [4.78, 5) is 13.3. The molecule has 0 aliphatic heterocycles. The topological polar surface area (TPSA) is 41.1 Å². The summed E-state index contributed by atoms with van der Waals surface area (Å²) in [5.74, 6) is -0.853. The highest BCUT2D eigenvalue weighted by Crippen LogP contribution is 2.26. The molecule has 2 aromatic carbocycles. The molecule has 0 radical (unpaired) electrons. The van der Waals surface area contributed by atoms with Gasteiger partial charge < -0.3 is 5.32 Å². The monoisotopic (exact) mass is 374 g/mol. The highest BCUT2D eigenvalue weighted by Gasteiger charge is 2.16. The lowest BCUT2D eigenvalue weighted by Gasteiger charge is -2.18. The number of nitrogens with one attached hydrogen (secondary N) is 2. The van der Waals surface area contributed by atoms with E-state index in [9.17, 15) is 9.18 Å². The summed E-state index contributed by atoms with van der Waals surface area (Å²) >= 11 is 7.46. The zero-order valence-electron chi connectivity index (χ0n) is 13.2. The lowest BCUT2D eigenvalue weighted by molar-refractivity contribution is -0.115. The molecule has 0 saturated heterocycles. The molecule has 25 heavy (non-hydrogen) atoms. The maximum absolute atomic E-state index is 13.7. The van der Waals surface area contributed by atoms with Gasteiger partial charge in [-0.2, -0.15) is 0 Å². The Bertz CT molecular complexity index is 840. The van der Waals surface area contributed by atoms with Crippen LogP contribution in [0.15, 0.2) is 66.0 Å². The molecule has 0 saturated carbocycles. The van der Waals surface area contributed by atoms with Crippen LogP contribution in [0.2, 0.25) is 5.02 Å². The second kappa shape index (κ2) is 8.25. The van der Waals surface area contributed by atoms with Gasteiger partial charge in [-0.15, -0.1) is 11.3 Å². The van der Waals surface area contributed by atoms with Crippen LogP contribution in [0.1, 0.15) is 16.5 Å². The molecule has 2 N–H and O–H groups in total. The van der Waals surface area contributed by atoms with Crippen molar-refractivity contribution in [3.8, 4) is 0 Å². The summed E-state index contributed by atoms with van der Waals surface area (Å²) in [7, 11) is 0. The van der Waals surface area contributed by atoms with Crippen molar-refractivity contribution >= 4 is 34.5 Å². The summed E-state index contributed by atoms with van der Waals surface area (Å²) in [5, 5.41) is 8.14. The minimum absolute atomic E-state index is 0.0451. The summed E-state index contributed by atoms with van der Waals surface area (Å²) in [6.07, 6.45) is 0. The van der Waals surface area contributed by atoms with Crippen molar-refractivity contribution in [2.24, 2.45) is 0 Å². The van der Waals surface area contributed by atoms with Gasteiger partial charge in [0.15, 0.2) is 0 Å². The van der Waals surface area contributed by atoms with E-state index < -0.39 is 5.82 Å². The third-order valence-electron chi connectivity index (χ3n) is 3.63. The highest BCUT2D eigenvalue weighted by molar-refractivity contribution is 7.10. The summed E-state index contributed by atoms with van der Waals surface area (Å²) in [6.45, 7) is 0.0451. The Morgan fingerprint density at radius 1 is 1.12 bits per heavy atom. The molecule has 1 aromatic heterocycles. The van der Waals surface area contributed by atoms with Crippen LogP contribution in [-0.4, -0.2) is 12.5 Å². The predicted octanol–water partition coefficient (Wildman–Crippen LogP) is 4.86. The average Bonchev–Trinajstić information content (AvgIpc) is 3.14. The first-order valence-corrected chi connectivity index (χ1v) is 8.96. The van der Waals surface area contributed by atoms with Crippen LogP contribution >= 0.6 is 22.9 Å². The Labute approximate surface area is 154 Å². The molecule has 1 amide bonds. The predicted molar refractivity (Wildman–Crippen MR) is 101 cm³/mol. The summed E-state index contributed by atoms with van der Waals surface area (Å²) in [6, 6.07) is 17.8. The SMILES string of the molecule is O=C(CN[C@H](c1ccccc1)c1cccs1)Nc1cc(Cl)ccc1F. The number of thiophene rings is 1. The molecule has 0 aliphatic carbocycles. The van der Waals surface area contributed by atoms with Gasteiger partial charge in [-0.25, -0.2) is 4.39 Å². The molecule has 6 heteroatoms. The molecule has 0 spiro atoms. The minimum atomic E-state index is -0.518. The van der Waals surface area contributed by atoms with Gasteiger partial charge in [0, 0.05) is 9.90 Å². The van der Waals surface area contributed by atoms with Crippen LogP contribution in [0, 0.1) is 5.82 Å². The van der Waals surface area contributed by atoms with Crippen LogP contribution in [0.25, 0.3) is 0 Å². The molecule has 3 rings (SSSR count). The first-order valence-electron chi connectivity index (χ1n) is 7.70. The van der Waals surface area contributed by atoms with Gasteiger partial charge >= 0.3 is 0 Å². The van der Waals surface area contributed by atoms with E-state index in [1.807, 2.05) is 47.8 Å². The molecule has 3 nitrogen and oxygen atoms in total. The van der Waals surface area contributed by atoms with E-state index in [2.05, 4.69) is 10.6 Å². The van der Waals surface area contributed by atoms with Crippen molar-refractivity contribution in [3.05, 3.63) is 87.3 Å². The Hall–Kier alpha value is -2.21. The second-order valence-electron chi connectivity index (χ2n) is 5.41. The molecule has 0 bridgehead atoms. The van der Waals surface area contributed by atoms with Gasteiger partial charge in [-0.1, -0.05) is 48.0 Å². The van der Waals surface area contributed by atoms with Crippen molar-refractivity contribution < 1.29 is 9.18 Å². The average molecular weight is 375 g/mol. The molecule has 1 heterocycles.